The average molecular weight is 299 g/mol. The van der Waals surface area contributed by atoms with E-state index in [4.69, 9.17) is 5.73 Å². The molecule has 2 atom stereocenters. The molecule has 0 amide bonds. The van der Waals surface area contributed by atoms with Gasteiger partial charge in [-0.15, -0.1) is 0 Å². The molecule has 2 rings (SSSR count). The highest BCUT2D eigenvalue weighted by Gasteiger charge is 2.46. The minimum Gasteiger partial charge on any atom is -0.323 e. The standard InChI is InChI=1S/C17H34FN3/c1-6-16(18)9-21(10-16)15(5)8-7-14(4)17(19)11-20(12-17)13(2)3/h13-15H,6-12,19H2,1-5H3. The Morgan fingerprint density at radius 2 is 1.57 bits per heavy atom. The molecule has 4 heteroatoms. The molecule has 2 fully saturated rings. The highest BCUT2D eigenvalue weighted by atomic mass is 19.1. The summed E-state index contributed by atoms with van der Waals surface area (Å²) in [6, 6.07) is 1.08. The van der Waals surface area contributed by atoms with E-state index in [-0.39, 0.29) is 5.54 Å². The third-order valence-corrected chi connectivity index (χ3v) is 5.95. The van der Waals surface area contributed by atoms with Crippen molar-refractivity contribution >= 4 is 0 Å². The van der Waals surface area contributed by atoms with Crippen molar-refractivity contribution in [3.8, 4) is 0 Å². The normalized spacial score (nSPS) is 28.0. The molecule has 0 radical (unpaired) electrons. The van der Waals surface area contributed by atoms with E-state index in [1.165, 1.54) is 0 Å². The number of rotatable bonds is 7. The van der Waals surface area contributed by atoms with E-state index in [0.717, 1.165) is 25.9 Å². The summed E-state index contributed by atoms with van der Waals surface area (Å²) in [6.07, 6.45) is 2.91. The minimum absolute atomic E-state index is 0.00773. The van der Waals surface area contributed by atoms with Gasteiger partial charge in [-0.25, -0.2) is 4.39 Å². The Morgan fingerprint density at radius 3 is 2.05 bits per heavy atom. The summed E-state index contributed by atoms with van der Waals surface area (Å²) >= 11 is 0. The maximum Gasteiger partial charge on any atom is 0.136 e. The van der Waals surface area contributed by atoms with Gasteiger partial charge in [-0.1, -0.05) is 13.8 Å². The lowest BCUT2D eigenvalue weighted by atomic mass is 9.75. The smallest absolute Gasteiger partial charge is 0.136 e. The van der Waals surface area contributed by atoms with Crippen LogP contribution in [0.4, 0.5) is 4.39 Å². The Labute approximate surface area is 130 Å². The number of alkyl halides is 1. The SMILES string of the molecule is CCC1(F)CN(C(C)CCC(C)C2(N)CN(C(C)C)C2)C1. The molecule has 0 saturated carbocycles. The molecular weight excluding hydrogens is 265 g/mol. The summed E-state index contributed by atoms with van der Waals surface area (Å²) < 4.78 is 13.9. The molecule has 0 aromatic rings. The molecule has 2 N–H and O–H groups in total. The lowest BCUT2D eigenvalue weighted by Crippen LogP contribution is -2.71. The van der Waals surface area contributed by atoms with Gasteiger partial charge in [0, 0.05) is 43.8 Å². The summed E-state index contributed by atoms with van der Waals surface area (Å²) in [4.78, 5) is 4.72. The van der Waals surface area contributed by atoms with Gasteiger partial charge in [0.15, 0.2) is 0 Å². The van der Waals surface area contributed by atoms with Gasteiger partial charge >= 0.3 is 0 Å². The summed E-state index contributed by atoms with van der Waals surface area (Å²) in [5.74, 6) is 0.539. The predicted molar refractivity (Wildman–Crippen MR) is 87.2 cm³/mol. The van der Waals surface area contributed by atoms with E-state index in [9.17, 15) is 4.39 Å². The first-order valence-corrected chi connectivity index (χ1v) is 8.65. The lowest BCUT2D eigenvalue weighted by molar-refractivity contribution is -0.0598. The molecule has 124 valence electrons. The van der Waals surface area contributed by atoms with Crippen molar-refractivity contribution in [1.29, 1.82) is 0 Å². The zero-order valence-corrected chi connectivity index (χ0v) is 14.5. The Bertz CT molecular complexity index is 346. The van der Waals surface area contributed by atoms with Crippen molar-refractivity contribution in [2.45, 2.75) is 77.2 Å². The van der Waals surface area contributed by atoms with Crippen molar-refractivity contribution in [2.75, 3.05) is 26.2 Å². The molecular formula is C17H34FN3. The Morgan fingerprint density at radius 1 is 1.00 bits per heavy atom. The number of hydrogen-bond acceptors (Lipinski definition) is 3. The molecule has 2 aliphatic rings. The molecule has 21 heavy (non-hydrogen) atoms. The number of likely N-dealkylation sites (tertiary alicyclic amines) is 2. The fourth-order valence-corrected chi connectivity index (χ4v) is 3.56. The van der Waals surface area contributed by atoms with E-state index < -0.39 is 5.67 Å². The van der Waals surface area contributed by atoms with Crippen LogP contribution < -0.4 is 5.73 Å². The number of halogens is 1. The van der Waals surface area contributed by atoms with Gasteiger partial charge in [-0.2, -0.15) is 0 Å². The van der Waals surface area contributed by atoms with Crippen LogP contribution in [0.25, 0.3) is 0 Å². The zero-order valence-electron chi connectivity index (χ0n) is 14.5. The lowest BCUT2D eigenvalue weighted by Gasteiger charge is -2.53. The fourth-order valence-electron chi connectivity index (χ4n) is 3.56. The number of hydrogen-bond donors (Lipinski definition) is 1. The Kier molecular flexibility index (Phi) is 5.01. The third kappa shape index (κ3) is 3.59. The van der Waals surface area contributed by atoms with E-state index in [1.54, 1.807) is 0 Å². The van der Waals surface area contributed by atoms with E-state index >= 15 is 0 Å². The number of nitrogens with two attached hydrogens (primary N) is 1. The average Bonchev–Trinajstić information content (AvgIpc) is 2.36. The topological polar surface area (TPSA) is 32.5 Å². The molecule has 0 bridgehead atoms. The third-order valence-electron chi connectivity index (χ3n) is 5.95. The van der Waals surface area contributed by atoms with Crippen LogP contribution in [0.2, 0.25) is 0 Å². The number of nitrogens with zero attached hydrogens (tertiary/aromatic N) is 2. The second kappa shape index (κ2) is 6.13. The molecule has 0 spiro atoms. The second-order valence-electron chi connectivity index (χ2n) is 7.97. The van der Waals surface area contributed by atoms with Crippen LogP contribution in [0.3, 0.4) is 0 Å². The summed E-state index contributed by atoms with van der Waals surface area (Å²) in [5, 5.41) is 0. The van der Waals surface area contributed by atoms with Crippen LogP contribution in [0, 0.1) is 5.92 Å². The van der Waals surface area contributed by atoms with Crippen molar-refractivity contribution in [3.05, 3.63) is 0 Å². The molecule has 2 unspecified atom stereocenters. The Hall–Kier alpha value is -0.190. The molecule has 2 aliphatic heterocycles. The summed E-state index contributed by atoms with van der Waals surface area (Å²) in [6.45, 7) is 14.2. The van der Waals surface area contributed by atoms with E-state index in [2.05, 4.69) is 37.5 Å². The highest BCUT2D eigenvalue weighted by molar-refractivity contribution is 5.04. The van der Waals surface area contributed by atoms with Gasteiger partial charge in [-0.05, 0) is 46.0 Å². The van der Waals surface area contributed by atoms with Gasteiger partial charge in [0.25, 0.3) is 0 Å². The van der Waals surface area contributed by atoms with Gasteiger partial charge < -0.3 is 5.73 Å². The van der Waals surface area contributed by atoms with Crippen molar-refractivity contribution < 1.29 is 4.39 Å². The molecule has 2 saturated heterocycles. The summed E-state index contributed by atoms with van der Waals surface area (Å²) in [5.41, 5.74) is 5.61. The zero-order chi connectivity index (χ0) is 15.8. The first-order valence-electron chi connectivity index (χ1n) is 8.65. The molecule has 3 nitrogen and oxygen atoms in total. The van der Waals surface area contributed by atoms with Crippen LogP contribution in [-0.2, 0) is 0 Å². The molecule has 2 heterocycles. The Balaban J connectivity index is 1.69. The molecule has 0 aromatic carbocycles. The quantitative estimate of drug-likeness (QED) is 0.784. The van der Waals surface area contributed by atoms with E-state index in [0.29, 0.717) is 37.5 Å². The van der Waals surface area contributed by atoms with Crippen LogP contribution in [0.1, 0.15) is 53.9 Å². The van der Waals surface area contributed by atoms with Crippen molar-refractivity contribution in [2.24, 2.45) is 11.7 Å². The minimum atomic E-state index is -0.916. The highest BCUT2D eigenvalue weighted by Crippen LogP contribution is 2.34. The van der Waals surface area contributed by atoms with E-state index in [1.807, 2.05) is 6.92 Å². The maximum atomic E-state index is 13.9. The fraction of sp³-hybridized carbons (Fsp3) is 1.00. The van der Waals surface area contributed by atoms with Crippen LogP contribution in [0.5, 0.6) is 0 Å². The maximum absolute atomic E-state index is 13.9. The first kappa shape index (κ1) is 17.2. The van der Waals surface area contributed by atoms with Crippen molar-refractivity contribution in [3.63, 3.8) is 0 Å². The second-order valence-corrected chi connectivity index (χ2v) is 7.97. The van der Waals surface area contributed by atoms with Crippen molar-refractivity contribution in [1.82, 2.24) is 9.80 Å². The predicted octanol–water partition coefficient (Wildman–Crippen LogP) is 2.65. The van der Waals surface area contributed by atoms with Crippen LogP contribution >= 0.6 is 0 Å². The first-order chi connectivity index (χ1) is 9.69. The molecule has 0 aromatic heterocycles. The van der Waals surface area contributed by atoms with Gasteiger partial charge in [-0.3, -0.25) is 9.80 Å². The largest absolute Gasteiger partial charge is 0.323 e. The monoisotopic (exact) mass is 299 g/mol. The van der Waals surface area contributed by atoms with Gasteiger partial charge in [0.05, 0.1) is 0 Å². The molecule has 0 aliphatic carbocycles. The van der Waals surface area contributed by atoms with Gasteiger partial charge in [0.1, 0.15) is 5.67 Å². The van der Waals surface area contributed by atoms with Gasteiger partial charge in [0.2, 0.25) is 0 Å². The van der Waals surface area contributed by atoms with Crippen LogP contribution in [0.15, 0.2) is 0 Å². The van der Waals surface area contributed by atoms with Crippen LogP contribution in [-0.4, -0.2) is 59.3 Å². The summed E-state index contributed by atoms with van der Waals surface area (Å²) in [7, 11) is 0.